The molecule has 5 heteroatoms. The predicted molar refractivity (Wildman–Crippen MR) is 159 cm³/mol. The second-order valence-corrected chi connectivity index (χ2v) is 9.72. The fourth-order valence-corrected chi connectivity index (χ4v) is 5.58. The molecule has 2 N–H and O–H groups in total. The van der Waals surface area contributed by atoms with Gasteiger partial charge >= 0.3 is 0 Å². The number of nitrogens with one attached hydrogen (secondary N) is 2. The van der Waals surface area contributed by atoms with Gasteiger partial charge in [0, 0.05) is 16.7 Å². The third-order valence-electron chi connectivity index (χ3n) is 5.54. The molecule has 35 heavy (non-hydrogen) atoms. The Bertz CT molecular complexity index is 1450. The van der Waals surface area contributed by atoms with Crippen LogP contribution in [0.4, 0.5) is 10.7 Å². The summed E-state index contributed by atoms with van der Waals surface area (Å²) >= 11 is 13.3. The third-order valence-corrected chi connectivity index (χ3v) is 7.37. The molecule has 0 saturated carbocycles. The number of anilines is 2. The molecule has 0 unspecified atom stereocenters. The Morgan fingerprint density at radius 3 is 1.46 bits per heavy atom. The highest BCUT2D eigenvalue weighted by Crippen LogP contribution is 2.49. The highest BCUT2D eigenvalue weighted by Gasteiger charge is 2.23. The summed E-state index contributed by atoms with van der Waals surface area (Å²) in [6, 6.07) is 40.8. The molecule has 1 aromatic heterocycles. The highest BCUT2D eigenvalue weighted by molar-refractivity contribution is 7.81. The maximum Gasteiger partial charge on any atom is 0.111 e. The summed E-state index contributed by atoms with van der Waals surface area (Å²) in [5.74, 6) is 0. The van der Waals surface area contributed by atoms with Gasteiger partial charge in [0.15, 0.2) is 0 Å². The Morgan fingerprint density at radius 2 is 0.943 bits per heavy atom. The molecule has 2 nitrogen and oxygen atoms in total. The van der Waals surface area contributed by atoms with Gasteiger partial charge in [0.05, 0.1) is 10.6 Å². The van der Waals surface area contributed by atoms with Gasteiger partial charge in [-0.2, -0.15) is 0 Å². The van der Waals surface area contributed by atoms with E-state index in [0.717, 1.165) is 43.4 Å². The van der Waals surface area contributed by atoms with Gasteiger partial charge in [0.2, 0.25) is 0 Å². The van der Waals surface area contributed by atoms with Crippen molar-refractivity contribution in [3.8, 4) is 21.6 Å². The SMILES string of the molecule is S=C(Nc1sc(-c2ccccc2)c(NC(=S)c2ccccc2)c1-c1ccccc1)c1ccccc1. The number of thiocarbonyl (C=S) groups is 2. The van der Waals surface area contributed by atoms with Gasteiger partial charge in [0.25, 0.3) is 0 Å². The van der Waals surface area contributed by atoms with Crippen LogP contribution in [-0.2, 0) is 0 Å². The Hall–Kier alpha value is -3.64. The van der Waals surface area contributed by atoms with Crippen LogP contribution in [0.2, 0.25) is 0 Å². The van der Waals surface area contributed by atoms with Crippen molar-refractivity contribution >= 4 is 56.4 Å². The smallest absolute Gasteiger partial charge is 0.111 e. The molecular weight excluding hydrogens is 485 g/mol. The van der Waals surface area contributed by atoms with Crippen LogP contribution in [-0.4, -0.2) is 9.98 Å². The normalized spacial score (nSPS) is 10.5. The summed E-state index contributed by atoms with van der Waals surface area (Å²) in [4.78, 5) is 2.46. The zero-order chi connectivity index (χ0) is 24.0. The summed E-state index contributed by atoms with van der Waals surface area (Å²) < 4.78 is 0. The van der Waals surface area contributed by atoms with Gasteiger partial charge < -0.3 is 10.6 Å². The van der Waals surface area contributed by atoms with Crippen LogP contribution in [0.25, 0.3) is 21.6 Å². The van der Waals surface area contributed by atoms with E-state index in [0.29, 0.717) is 9.98 Å². The lowest BCUT2D eigenvalue weighted by Crippen LogP contribution is -2.12. The molecule has 0 aliphatic heterocycles. The van der Waals surface area contributed by atoms with Gasteiger partial charge in [-0.15, -0.1) is 11.3 Å². The van der Waals surface area contributed by atoms with E-state index in [1.165, 1.54) is 0 Å². The number of rotatable bonds is 6. The first-order valence-electron chi connectivity index (χ1n) is 11.2. The maximum absolute atomic E-state index is 5.84. The predicted octanol–water partition coefficient (Wildman–Crippen LogP) is 8.66. The molecule has 0 amide bonds. The minimum Gasteiger partial charge on any atom is -0.344 e. The van der Waals surface area contributed by atoms with E-state index in [9.17, 15) is 0 Å². The van der Waals surface area contributed by atoms with E-state index in [1.807, 2.05) is 84.9 Å². The fourth-order valence-electron chi connectivity index (χ4n) is 3.85. The minimum atomic E-state index is 0.676. The van der Waals surface area contributed by atoms with E-state index in [2.05, 4.69) is 47.0 Å². The Kier molecular flexibility index (Phi) is 7.09. The van der Waals surface area contributed by atoms with Crippen LogP contribution < -0.4 is 10.6 Å². The molecule has 0 aliphatic rings. The molecule has 0 atom stereocenters. The average Bonchev–Trinajstić information content (AvgIpc) is 3.28. The van der Waals surface area contributed by atoms with Crippen molar-refractivity contribution in [1.29, 1.82) is 0 Å². The average molecular weight is 507 g/mol. The lowest BCUT2D eigenvalue weighted by atomic mass is 10.0. The summed E-state index contributed by atoms with van der Waals surface area (Å²) in [6.45, 7) is 0. The Morgan fingerprint density at radius 1 is 0.514 bits per heavy atom. The first-order valence-corrected chi connectivity index (χ1v) is 12.8. The molecule has 5 aromatic rings. The number of hydrogen-bond donors (Lipinski definition) is 2. The molecule has 1 heterocycles. The first kappa shape index (κ1) is 23.1. The molecule has 0 radical (unpaired) electrons. The fraction of sp³-hybridized carbons (Fsp3) is 0. The van der Waals surface area contributed by atoms with Crippen LogP contribution in [0.5, 0.6) is 0 Å². The number of benzene rings is 4. The van der Waals surface area contributed by atoms with Crippen LogP contribution in [0.1, 0.15) is 11.1 Å². The molecule has 0 bridgehead atoms. The van der Waals surface area contributed by atoms with Crippen LogP contribution in [0, 0.1) is 0 Å². The van der Waals surface area contributed by atoms with E-state index >= 15 is 0 Å². The number of thiophene rings is 1. The van der Waals surface area contributed by atoms with Crippen molar-refractivity contribution in [3.63, 3.8) is 0 Å². The second kappa shape index (κ2) is 10.7. The molecule has 170 valence electrons. The zero-order valence-electron chi connectivity index (χ0n) is 18.8. The van der Waals surface area contributed by atoms with Crippen LogP contribution in [0.3, 0.4) is 0 Å². The Labute approximate surface area is 220 Å². The molecule has 5 rings (SSSR count). The highest BCUT2D eigenvalue weighted by atomic mass is 32.1. The summed E-state index contributed by atoms with van der Waals surface area (Å²) in [6.07, 6.45) is 0. The lowest BCUT2D eigenvalue weighted by Gasteiger charge is -2.14. The van der Waals surface area contributed by atoms with Gasteiger partial charge in [0.1, 0.15) is 15.0 Å². The van der Waals surface area contributed by atoms with Gasteiger partial charge in [-0.3, -0.25) is 0 Å². The molecule has 0 spiro atoms. The van der Waals surface area contributed by atoms with Gasteiger partial charge in [-0.1, -0.05) is 146 Å². The second-order valence-electron chi connectivity index (χ2n) is 7.88. The first-order chi connectivity index (χ1) is 17.2. The summed E-state index contributed by atoms with van der Waals surface area (Å²) in [5, 5.41) is 8.09. The molecule has 4 aromatic carbocycles. The van der Waals surface area contributed by atoms with Gasteiger partial charge in [-0.05, 0) is 11.1 Å². The van der Waals surface area contributed by atoms with E-state index in [1.54, 1.807) is 11.3 Å². The molecule has 0 fully saturated rings. The van der Waals surface area contributed by atoms with Crippen LogP contribution >= 0.6 is 35.8 Å². The maximum atomic E-state index is 5.84. The van der Waals surface area contributed by atoms with Crippen molar-refractivity contribution in [2.75, 3.05) is 10.6 Å². The topological polar surface area (TPSA) is 24.1 Å². The summed E-state index contributed by atoms with van der Waals surface area (Å²) in [5.41, 5.74) is 6.17. The van der Waals surface area contributed by atoms with E-state index < -0.39 is 0 Å². The van der Waals surface area contributed by atoms with Crippen molar-refractivity contribution < 1.29 is 0 Å². The molecule has 0 aliphatic carbocycles. The summed E-state index contributed by atoms with van der Waals surface area (Å²) in [7, 11) is 0. The third kappa shape index (κ3) is 5.23. The monoisotopic (exact) mass is 506 g/mol. The quantitative estimate of drug-likeness (QED) is 0.225. The Balaban J connectivity index is 1.66. The standard InChI is InChI=1S/C30H22N2S3/c33-28(23-17-9-3-10-18-23)31-26-25(21-13-5-1-6-14-21)30(32-29(34)24-19-11-4-12-20-24)35-27(26)22-15-7-2-8-16-22/h1-20H,(H,31,33)(H,32,34). The van der Waals surface area contributed by atoms with E-state index in [-0.39, 0.29) is 0 Å². The zero-order valence-corrected chi connectivity index (χ0v) is 21.2. The largest absolute Gasteiger partial charge is 0.344 e. The van der Waals surface area contributed by atoms with Crippen molar-refractivity contribution in [3.05, 3.63) is 132 Å². The van der Waals surface area contributed by atoms with Gasteiger partial charge in [-0.25, -0.2) is 0 Å². The van der Waals surface area contributed by atoms with Crippen LogP contribution in [0.15, 0.2) is 121 Å². The molecule has 0 saturated heterocycles. The van der Waals surface area contributed by atoms with E-state index in [4.69, 9.17) is 24.4 Å². The lowest BCUT2D eigenvalue weighted by molar-refractivity contribution is 1.60. The minimum absolute atomic E-state index is 0.676. The molecular formula is C30H22N2S3. The number of hydrogen-bond acceptors (Lipinski definition) is 3. The van der Waals surface area contributed by atoms with Crippen molar-refractivity contribution in [2.24, 2.45) is 0 Å². The van der Waals surface area contributed by atoms with Crippen molar-refractivity contribution in [1.82, 2.24) is 0 Å². The van der Waals surface area contributed by atoms with Crippen molar-refractivity contribution in [2.45, 2.75) is 0 Å².